The van der Waals surface area contributed by atoms with Crippen LogP contribution >= 0.6 is 11.8 Å². The van der Waals surface area contributed by atoms with Gasteiger partial charge in [-0.3, -0.25) is 0 Å². The molecule has 1 aromatic heterocycles. The van der Waals surface area contributed by atoms with E-state index in [0.717, 1.165) is 11.8 Å². The minimum atomic E-state index is -0.865. The molecule has 0 aliphatic carbocycles. The van der Waals surface area contributed by atoms with Crippen LogP contribution in [-0.2, 0) is 5.75 Å². The monoisotopic (exact) mass is 374 g/mol. The minimum Gasteiger partial charge on any atom is -0.497 e. The molecule has 0 saturated heterocycles. The van der Waals surface area contributed by atoms with Crippen molar-refractivity contribution in [3.8, 4) is 17.4 Å². The Morgan fingerprint density at radius 3 is 2.54 bits per heavy atom. The molecule has 0 amide bonds. The van der Waals surface area contributed by atoms with Crippen molar-refractivity contribution in [3.63, 3.8) is 0 Å². The van der Waals surface area contributed by atoms with Gasteiger partial charge in [-0.05, 0) is 36.8 Å². The van der Waals surface area contributed by atoms with Crippen LogP contribution in [0.15, 0.2) is 53.7 Å². The molecule has 0 spiro atoms. The summed E-state index contributed by atoms with van der Waals surface area (Å²) in [5.74, 6) is 0.368. The van der Waals surface area contributed by atoms with Gasteiger partial charge in [-0.2, -0.15) is 4.98 Å². The molecule has 0 atom stereocenters. The van der Waals surface area contributed by atoms with Gasteiger partial charge in [0.2, 0.25) is 5.88 Å². The lowest BCUT2D eigenvalue weighted by atomic mass is 10.2. The van der Waals surface area contributed by atoms with Gasteiger partial charge in [0.15, 0.2) is 16.8 Å². The number of nitrogens with zero attached hydrogens (tertiary/aromatic N) is 2. The Balaban J connectivity index is 1.73. The Kier molecular flexibility index (Phi) is 5.68. The van der Waals surface area contributed by atoms with Gasteiger partial charge in [0.1, 0.15) is 11.5 Å². The van der Waals surface area contributed by atoms with Crippen molar-refractivity contribution in [2.45, 2.75) is 17.8 Å². The summed E-state index contributed by atoms with van der Waals surface area (Å²) < 4.78 is 37.2. The number of methoxy groups -OCH3 is 1. The van der Waals surface area contributed by atoms with E-state index in [1.165, 1.54) is 23.9 Å². The third-order valence-electron chi connectivity index (χ3n) is 3.43. The molecule has 0 saturated carbocycles. The zero-order chi connectivity index (χ0) is 18.5. The predicted molar refractivity (Wildman–Crippen MR) is 95.8 cm³/mol. The van der Waals surface area contributed by atoms with Crippen LogP contribution in [0.1, 0.15) is 11.3 Å². The zero-order valence-electron chi connectivity index (χ0n) is 14.2. The fourth-order valence-electron chi connectivity index (χ4n) is 2.19. The van der Waals surface area contributed by atoms with Crippen molar-refractivity contribution in [3.05, 3.63) is 71.4 Å². The van der Waals surface area contributed by atoms with E-state index in [4.69, 9.17) is 9.47 Å². The second-order valence-corrected chi connectivity index (χ2v) is 6.39. The summed E-state index contributed by atoms with van der Waals surface area (Å²) in [5, 5.41) is 0.493. The van der Waals surface area contributed by atoms with Crippen LogP contribution in [0.5, 0.6) is 17.4 Å². The standard InChI is InChI=1S/C19H16F2N2O2S/c1-12-8-18(25-15-5-3-4-14(10-15)24-2)23-19(22-12)26-11-13-6-7-16(20)17(21)9-13/h3-10H,11H2,1-2H3. The van der Waals surface area contributed by atoms with Gasteiger partial charge < -0.3 is 9.47 Å². The van der Waals surface area contributed by atoms with Crippen molar-refractivity contribution in [2.75, 3.05) is 7.11 Å². The zero-order valence-corrected chi connectivity index (χ0v) is 15.0. The fraction of sp³-hybridized carbons (Fsp3) is 0.158. The highest BCUT2D eigenvalue weighted by molar-refractivity contribution is 7.98. The van der Waals surface area contributed by atoms with Gasteiger partial charge >= 0.3 is 0 Å². The molecule has 1 heterocycles. The number of thioether (sulfide) groups is 1. The summed E-state index contributed by atoms with van der Waals surface area (Å²) in [6.45, 7) is 1.84. The Morgan fingerprint density at radius 1 is 0.962 bits per heavy atom. The molecule has 2 aromatic carbocycles. The summed E-state index contributed by atoms with van der Waals surface area (Å²) in [5.41, 5.74) is 1.39. The van der Waals surface area contributed by atoms with E-state index in [0.29, 0.717) is 33.9 Å². The van der Waals surface area contributed by atoms with Crippen LogP contribution in [0.3, 0.4) is 0 Å². The highest BCUT2D eigenvalue weighted by Gasteiger charge is 2.08. The topological polar surface area (TPSA) is 44.2 Å². The average molecular weight is 374 g/mol. The molecule has 134 valence electrons. The molecule has 7 heteroatoms. The lowest BCUT2D eigenvalue weighted by Gasteiger charge is -2.09. The Morgan fingerprint density at radius 2 is 1.77 bits per heavy atom. The molecule has 0 N–H and O–H groups in total. The third-order valence-corrected chi connectivity index (χ3v) is 4.34. The van der Waals surface area contributed by atoms with Crippen LogP contribution in [0.4, 0.5) is 8.78 Å². The highest BCUT2D eigenvalue weighted by atomic mass is 32.2. The molecule has 0 unspecified atom stereocenters. The first kappa shape index (κ1) is 18.1. The SMILES string of the molecule is COc1cccc(Oc2cc(C)nc(SCc3ccc(F)c(F)c3)n2)c1. The molecular formula is C19H16F2N2O2S. The molecule has 3 aromatic rings. The van der Waals surface area contributed by atoms with E-state index in [2.05, 4.69) is 9.97 Å². The molecule has 0 aliphatic heterocycles. The van der Waals surface area contributed by atoms with E-state index in [1.54, 1.807) is 25.3 Å². The number of aryl methyl sites for hydroxylation is 1. The number of benzene rings is 2. The summed E-state index contributed by atoms with van der Waals surface area (Å²) in [6.07, 6.45) is 0. The van der Waals surface area contributed by atoms with Crippen molar-refractivity contribution < 1.29 is 18.3 Å². The molecular weight excluding hydrogens is 358 g/mol. The number of ether oxygens (including phenoxy) is 2. The molecule has 0 fully saturated rings. The highest BCUT2D eigenvalue weighted by Crippen LogP contribution is 2.27. The van der Waals surface area contributed by atoms with Crippen molar-refractivity contribution in [2.24, 2.45) is 0 Å². The molecule has 4 nitrogen and oxygen atoms in total. The molecule has 0 aliphatic rings. The first-order valence-electron chi connectivity index (χ1n) is 7.78. The average Bonchev–Trinajstić information content (AvgIpc) is 2.62. The van der Waals surface area contributed by atoms with Gasteiger partial charge in [-0.25, -0.2) is 13.8 Å². The maximum Gasteiger partial charge on any atom is 0.223 e. The predicted octanol–water partition coefficient (Wildman–Crippen LogP) is 5.16. The van der Waals surface area contributed by atoms with Crippen molar-refractivity contribution in [1.82, 2.24) is 9.97 Å². The normalized spacial score (nSPS) is 10.6. The van der Waals surface area contributed by atoms with E-state index in [-0.39, 0.29) is 0 Å². The van der Waals surface area contributed by atoms with Gasteiger partial charge in [-0.15, -0.1) is 0 Å². The Hall–Kier alpha value is -2.67. The second kappa shape index (κ2) is 8.14. The summed E-state index contributed by atoms with van der Waals surface area (Å²) in [7, 11) is 1.58. The van der Waals surface area contributed by atoms with E-state index >= 15 is 0 Å². The number of aromatic nitrogens is 2. The lowest BCUT2D eigenvalue weighted by Crippen LogP contribution is -1.96. The minimum absolute atomic E-state index is 0.401. The molecule has 0 radical (unpaired) electrons. The number of halogens is 2. The van der Waals surface area contributed by atoms with Crippen LogP contribution < -0.4 is 9.47 Å². The van der Waals surface area contributed by atoms with Crippen molar-refractivity contribution >= 4 is 11.8 Å². The van der Waals surface area contributed by atoms with E-state index in [9.17, 15) is 8.78 Å². The van der Waals surface area contributed by atoms with Crippen LogP contribution in [0, 0.1) is 18.6 Å². The Bertz CT molecular complexity index is 922. The maximum atomic E-state index is 13.3. The van der Waals surface area contributed by atoms with E-state index < -0.39 is 11.6 Å². The molecule has 26 heavy (non-hydrogen) atoms. The van der Waals surface area contributed by atoms with Crippen LogP contribution in [-0.4, -0.2) is 17.1 Å². The Labute approximate surface area is 154 Å². The van der Waals surface area contributed by atoms with Crippen LogP contribution in [0.2, 0.25) is 0 Å². The van der Waals surface area contributed by atoms with E-state index in [1.807, 2.05) is 19.1 Å². The number of hydrogen-bond donors (Lipinski definition) is 0. The lowest BCUT2D eigenvalue weighted by molar-refractivity contribution is 0.406. The molecule has 3 rings (SSSR count). The quantitative estimate of drug-likeness (QED) is 0.441. The second-order valence-electron chi connectivity index (χ2n) is 5.45. The largest absolute Gasteiger partial charge is 0.497 e. The number of rotatable bonds is 6. The maximum absolute atomic E-state index is 13.3. The summed E-state index contributed by atoms with van der Waals surface area (Å²) >= 11 is 1.32. The van der Waals surface area contributed by atoms with Gasteiger partial charge in [-0.1, -0.05) is 23.9 Å². The van der Waals surface area contributed by atoms with Gasteiger partial charge in [0.05, 0.1) is 7.11 Å². The third kappa shape index (κ3) is 4.70. The van der Waals surface area contributed by atoms with Gasteiger partial charge in [0, 0.05) is 23.6 Å². The van der Waals surface area contributed by atoms with Gasteiger partial charge in [0.25, 0.3) is 0 Å². The summed E-state index contributed by atoms with van der Waals surface area (Å²) in [6, 6.07) is 12.7. The first-order chi connectivity index (χ1) is 12.5. The first-order valence-corrected chi connectivity index (χ1v) is 8.76. The fourth-order valence-corrected chi connectivity index (χ4v) is 3.03. The van der Waals surface area contributed by atoms with Crippen LogP contribution in [0.25, 0.3) is 0 Å². The molecule has 0 bridgehead atoms. The van der Waals surface area contributed by atoms with Crippen molar-refractivity contribution in [1.29, 1.82) is 0 Å². The number of hydrogen-bond acceptors (Lipinski definition) is 5. The smallest absolute Gasteiger partial charge is 0.223 e. The summed E-state index contributed by atoms with van der Waals surface area (Å²) in [4.78, 5) is 8.70.